The van der Waals surface area contributed by atoms with Crippen LogP contribution in [-0.4, -0.2) is 26.2 Å². The van der Waals surface area contributed by atoms with Crippen molar-refractivity contribution in [3.05, 3.63) is 58.7 Å². The van der Waals surface area contributed by atoms with Crippen molar-refractivity contribution in [2.45, 2.75) is 31.8 Å². The van der Waals surface area contributed by atoms with Crippen molar-refractivity contribution >= 4 is 11.4 Å². The van der Waals surface area contributed by atoms with Gasteiger partial charge in [0.05, 0.1) is 0 Å². The topological polar surface area (TPSA) is 18.5 Å². The molecule has 4 aliphatic rings. The SMILES string of the molecule is c1ccc2c(c1)CN(c1cc3c4c(c1)[C@@H]1CNC[C@@H]1CN4CCC3)C2. The van der Waals surface area contributed by atoms with Crippen LogP contribution < -0.4 is 15.1 Å². The van der Waals surface area contributed by atoms with Crippen LogP contribution in [0.25, 0.3) is 0 Å². The Labute approximate surface area is 149 Å². The fourth-order valence-electron chi connectivity index (χ4n) is 5.59. The monoisotopic (exact) mass is 331 g/mol. The molecule has 1 saturated heterocycles. The van der Waals surface area contributed by atoms with Crippen molar-refractivity contribution in [2.75, 3.05) is 36.0 Å². The molecular formula is C22H25N3. The number of nitrogens with zero attached hydrogens (tertiary/aromatic N) is 2. The Morgan fingerprint density at radius 3 is 2.60 bits per heavy atom. The van der Waals surface area contributed by atoms with Crippen molar-refractivity contribution < 1.29 is 0 Å². The van der Waals surface area contributed by atoms with E-state index in [-0.39, 0.29) is 0 Å². The number of fused-ring (bicyclic) bond motifs is 3. The zero-order valence-electron chi connectivity index (χ0n) is 14.7. The molecule has 25 heavy (non-hydrogen) atoms. The van der Waals surface area contributed by atoms with E-state index < -0.39 is 0 Å². The third-order valence-corrected chi connectivity index (χ3v) is 6.79. The van der Waals surface area contributed by atoms with E-state index in [1.54, 1.807) is 16.8 Å². The van der Waals surface area contributed by atoms with Gasteiger partial charge in [-0.15, -0.1) is 0 Å². The van der Waals surface area contributed by atoms with E-state index in [1.807, 2.05) is 0 Å². The second-order valence-corrected chi connectivity index (χ2v) is 8.24. The molecule has 1 fully saturated rings. The lowest BCUT2D eigenvalue weighted by Crippen LogP contribution is -2.41. The first-order valence-corrected chi connectivity index (χ1v) is 9.81. The predicted molar refractivity (Wildman–Crippen MR) is 102 cm³/mol. The van der Waals surface area contributed by atoms with E-state index in [0.29, 0.717) is 5.92 Å². The number of hydrogen-bond acceptors (Lipinski definition) is 3. The molecule has 1 N–H and O–H groups in total. The predicted octanol–water partition coefficient (Wildman–Crippen LogP) is 3.28. The third-order valence-electron chi connectivity index (χ3n) is 6.79. The van der Waals surface area contributed by atoms with Gasteiger partial charge in [0.15, 0.2) is 0 Å². The normalized spacial score (nSPS) is 26.4. The summed E-state index contributed by atoms with van der Waals surface area (Å²) in [7, 11) is 0. The first-order valence-electron chi connectivity index (χ1n) is 9.81. The van der Waals surface area contributed by atoms with Crippen LogP contribution in [0.2, 0.25) is 0 Å². The maximum absolute atomic E-state index is 3.65. The van der Waals surface area contributed by atoms with E-state index in [0.717, 1.165) is 25.6 Å². The quantitative estimate of drug-likeness (QED) is 0.865. The van der Waals surface area contributed by atoms with Crippen molar-refractivity contribution in [3.63, 3.8) is 0 Å². The first kappa shape index (κ1) is 14.2. The Morgan fingerprint density at radius 1 is 0.920 bits per heavy atom. The lowest BCUT2D eigenvalue weighted by Gasteiger charge is -2.42. The summed E-state index contributed by atoms with van der Waals surface area (Å²) in [5.74, 6) is 1.51. The Balaban J connectivity index is 1.44. The number of benzene rings is 2. The van der Waals surface area contributed by atoms with Gasteiger partial charge in [0.1, 0.15) is 0 Å². The fraction of sp³-hybridized carbons (Fsp3) is 0.455. The van der Waals surface area contributed by atoms with Gasteiger partial charge in [-0.3, -0.25) is 0 Å². The Hall–Kier alpha value is -2.00. The van der Waals surface area contributed by atoms with Gasteiger partial charge in [-0.1, -0.05) is 24.3 Å². The summed E-state index contributed by atoms with van der Waals surface area (Å²) >= 11 is 0. The van der Waals surface area contributed by atoms with Gasteiger partial charge in [0.2, 0.25) is 0 Å². The first-order chi connectivity index (χ1) is 12.4. The number of nitrogens with one attached hydrogen (secondary N) is 1. The standard InChI is InChI=1S/C22H25N3/c1-2-5-17-13-25(12-16(17)4-1)19-8-15-6-3-7-24-14-18-10-23-11-21(18)20(9-19)22(15)24/h1-2,4-5,8-9,18,21,23H,3,6-7,10-14H2/t18-,21-/m1/s1. The van der Waals surface area contributed by atoms with Crippen LogP contribution in [0, 0.1) is 5.92 Å². The summed E-state index contributed by atoms with van der Waals surface area (Å²) in [5, 5.41) is 3.65. The molecular weight excluding hydrogens is 306 g/mol. The maximum Gasteiger partial charge on any atom is 0.0436 e. The number of rotatable bonds is 1. The zero-order chi connectivity index (χ0) is 16.4. The van der Waals surface area contributed by atoms with E-state index >= 15 is 0 Å². The van der Waals surface area contributed by atoms with Gasteiger partial charge < -0.3 is 15.1 Å². The highest BCUT2D eigenvalue weighted by molar-refractivity contribution is 5.71. The van der Waals surface area contributed by atoms with Crippen LogP contribution in [0.15, 0.2) is 36.4 Å². The lowest BCUT2D eigenvalue weighted by molar-refractivity contribution is 0.470. The molecule has 0 saturated carbocycles. The van der Waals surface area contributed by atoms with Gasteiger partial charge in [0.25, 0.3) is 0 Å². The highest BCUT2D eigenvalue weighted by atomic mass is 15.2. The summed E-state index contributed by atoms with van der Waals surface area (Å²) < 4.78 is 0. The summed E-state index contributed by atoms with van der Waals surface area (Å²) in [6.07, 6.45) is 2.55. The number of anilines is 2. The van der Waals surface area contributed by atoms with Crippen molar-refractivity contribution in [2.24, 2.45) is 5.92 Å². The minimum absolute atomic E-state index is 0.716. The molecule has 2 aromatic rings. The zero-order valence-corrected chi connectivity index (χ0v) is 14.7. The van der Waals surface area contributed by atoms with Crippen molar-refractivity contribution in [1.82, 2.24) is 5.32 Å². The number of aryl methyl sites for hydroxylation is 1. The molecule has 2 aromatic carbocycles. The van der Waals surface area contributed by atoms with Gasteiger partial charge in [-0.2, -0.15) is 0 Å². The van der Waals surface area contributed by atoms with E-state index in [2.05, 4.69) is 51.5 Å². The van der Waals surface area contributed by atoms with Gasteiger partial charge in [-0.05, 0) is 53.1 Å². The Morgan fingerprint density at radius 2 is 1.76 bits per heavy atom. The van der Waals surface area contributed by atoms with Gasteiger partial charge in [0, 0.05) is 56.6 Å². The van der Waals surface area contributed by atoms with Gasteiger partial charge in [-0.25, -0.2) is 0 Å². The van der Waals surface area contributed by atoms with E-state index in [1.165, 1.54) is 49.3 Å². The molecule has 0 spiro atoms. The average Bonchev–Trinajstić information content (AvgIpc) is 3.28. The molecule has 3 heteroatoms. The summed E-state index contributed by atoms with van der Waals surface area (Å²) in [6.45, 7) is 6.97. The Kier molecular flexibility index (Phi) is 2.98. The van der Waals surface area contributed by atoms with Gasteiger partial charge >= 0.3 is 0 Å². The van der Waals surface area contributed by atoms with Crippen LogP contribution in [0.4, 0.5) is 11.4 Å². The van der Waals surface area contributed by atoms with E-state index in [9.17, 15) is 0 Å². The summed E-state index contributed by atoms with van der Waals surface area (Å²) in [6, 6.07) is 14.0. The number of hydrogen-bond donors (Lipinski definition) is 1. The van der Waals surface area contributed by atoms with Crippen LogP contribution >= 0.6 is 0 Å². The Bertz CT molecular complexity index is 818. The molecule has 0 bridgehead atoms. The molecule has 0 aliphatic carbocycles. The lowest BCUT2D eigenvalue weighted by atomic mass is 9.80. The highest BCUT2D eigenvalue weighted by Gasteiger charge is 2.39. The molecule has 4 heterocycles. The second kappa shape index (κ2) is 5.25. The second-order valence-electron chi connectivity index (χ2n) is 8.24. The van der Waals surface area contributed by atoms with Crippen LogP contribution in [-0.2, 0) is 19.5 Å². The molecule has 0 unspecified atom stereocenters. The maximum atomic E-state index is 3.65. The summed E-state index contributed by atoms with van der Waals surface area (Å²) in [5.41, 5.74) is 9.26. The van der Waals surface area contributed by atoms with E-state index in [4.69, 9.17) is 0 Å². The largest absolute Gasteiger partial charge is 0.371 e. The average molecular weight is 331 g/mol. The van der Waals surface area contributed by atoms with Crippen LogP contribution in [0.1, 0.15) is 34.6 Å². The smallest absolute Gasteiger partial charge is 0.0436 e. The molecule has 2 atom stereocenters. The van der Waals surface area contributed by atoms with Crippen molar-refractivity contribution in [1.29, 1.82) is 0 Å². The molecule has 128 valence electrons. The minimum Gasteiger partial charge on any atom is -0.371 e. The molecule has 0 radical (unpaired) electrons. The van der Waals surface area contributed by atoms with Crippen molar-refractivity contribution in [3.8, 4) is 0 Å². The third kappa shape index (κ3) is 2.08. The molecule has 0 amide bonds. The molecule has 4 aliphatic heterocycles. The highest BCUT2D eigenvalue weighted by Crippen LogP contribution is 2.46. The van der Waals surface area contributed by atoms with Crippen LogP contribution in [0.5, 0.6) is 0 Å². The molecule has 0 aromatic heterocycles. The summed E-state index contributed by atoms with van der Waals surface area (Å²) in [4.78, 5) is 5.26. The molecule has 6 rings (SSSR count). The minimum atomic E-state index is 0.716. The fourth-order valence-corrected chi connectivity index (χ4v) is 5.59. The molecule has 3 nitrogen and oxygen atoms in total. The van der Waals surface area contributed by atoms with Crippen LogP contribution in [0.3, 0.4) is 0 Å².